The second-order valence-corrected chi connectivity index (χ2v) is 4.33. The third-order valence-electron chi connectivity index (χ3n) is 3.04. The van der Waals surface area contributed by atoms with Crippen LogP contribution in [0, 0.1) is 0 Å². The third-order valence-corrected chi connectivity index (χ3v) is 3.04. The lowest BCUT2D eigenvalue weighted by Crippen LogP contribution is -2.25. The number of carbonyl (C=O) groups excluding carboxylic acids is 1. The number of para-hydroxylation sites is 1. The lowest BCUT2D eigenvalue weighted by Gasteiger charge is -2.16. The van der Waals surface area contributed by atoms with Crippen LogP contribution in [0.15, 0.2) is 18.2 Å². The molecule has 18 heavy (non-hydrogen) atoms. The second-order valence-electron chi connectivity index (χ2n) is 4.33. The number of rotatable bonds is 4. The van der Waals surface area contributed by atoms with Crippen LogP contribution in [0.5, 0.6) is 5.75 Å². The third kappa shape index (κ3) is 2.92. The quantitative estimate of drug-likeness (QED) is 0.828. The highest BCUT2D eigenvalue weighted by Crippen LogP contribution is 2.31. The van der Waals surface area contributed by atoms with Crippen LogP contribution in [-0.2, 0) is 11.3 Å². The van der Waals surface area contributed by atoms with Gasteiger partial charge in [-0.15, -0.1) is 0 Å². The summed E-state index contributed by atoms with van der Waals surface area (Å²) in [5.41, 5.74) is 7.12. The van der Waals surface area contributed by atoms with Gasteiger partial charge in [-0.3, -0.25) is 9.69 Å². The molecule has 1 aliphatic rings. The smallest absolute Gasteiger partial charge is 0.236 e. The number of amides is 1. The van der Waals surface area contributed by atoms with Crippen molar-refractivity contribution in [2.45, 2.75) is 13.5 Å². The zero-order chi connectivity index (χ0) is 13.0. The van der Waals surface area contributed by atoms with Gasteiger partial charge < -0.3 is 15.8 Å². The van der Waals surface area contributed by atoms with Gasteiger partial charge in [-0.25, -0.2) is 0 Å². The zero-order valence-corrected chi connectivity index (χ0v) is 10.6. The van der Waals surface area contributed by atoms with Gasteiger partial charge in [0.25, 0.3) is 0 Å². The van der Waals surface area contributed by atoms with Gasteiger partial charge in [0.2, 0.25) is 5.91 Å². The summed E-state index contributed by atoms with van der Waals surface area (Å²) in [6.07, 6.45) is 0. The Kier molecular flexibility index (Phi) is 4.04. The molecule has 0 radical (unpaired) electrons. The zero-order valence-electron chi connectivity index (χ0n) is 10.6. The molecule has 0 saturated heterocycles. The average molecular weight is 249 g/mol. The minimum absolute atomic E-state index is 0.122. The molecule has 98 valence electrons. The molecule has 5 heteroatoms. The van der Waals surface area contributed by atoms with E-state index in [0.717, 1.165) is 36.6 Å². The number of ether oxygens (including phenoxy) is 1. The predicted octanol–water partition coefficient (Wildman–Crippen LogP) is 0.798. The van der Waals surface area contributed by atoms with E-state index < -0.39 is 0 Å². The van der Waals surface area contributed by atoms with E-state index in [1.54, 1.807) is 0 Å². The maximum atomic E-state index is 10.8. The van der Waals surface area contributed by atoms with Crippen molar-refractivity contribution in [2.75, 3.05) is 31.6 Å². The second kappa shape index (κ2) is 5.73. The lowest BCUT2D eigenvalue weighted by atomic mass is 10.1. The van der Waals surface area contributed by atoms with E-state index >= 15 is 0 Å². The number of nitrogens with two attached hydrogens (primary N) is 1. The molecule has 1 aromatic carbocycles. The molecule has 5 nitrogen and oxygen atoms in total. The summed E-state index contributed by atoms with van der Waals surface area (Å²) in [4.78, 5) is 13.1. The Balaban J connectivity index is 2.20. The Morgan fingerprint density at radius 1 is 1.56 bits per heavy atom. The largest absolute Gasteiger partial charge is 0.490 e. The maximum Gasteiger partial charge on any atom is 0.236 e. The molecule has 0 spiro atoms. The average Bonchev–Trinajstić information content (AvgIpc) is 2.57. The molecule has 0 aliphatic carbocycles. The molecule has 1 aromatic rings. The molecule has 0 fully saturated rings. The van der Waals surface area contributed by atoms with Crippen LogP contribution in [0.3, 0.4) is 0 Å². The first-order valence-electron chi connectivity index (χ1n) is 6.20. The number of anilines is 1. The number of hydrogen-bond donors (Lipinski definition) is 2. The van der Waals surface area contributed by atoms with Crippen LogP contribution in [0.1, 0.15) is 12.5 Å². The van der Waals surface area contributed by atoms with Crippen LogP contribution in [0.2, 0.25) is 0 Å². The topological polar surface area (TPSA) is 67.6 Å². The summed E-state index contributed by atoms with van der Waals surface area (Å²) in [6.45, 7) is 5.72. The van der Waals surface area contributed by atoms with E-state index in [0.29, 0.717) is 6.61 Å². The Morgan fingerprint density at radius 3 is 3.11 bits per heavy atom. The summed E-state index contributed by atoms with van der Waals surface area (Å²) in [5, 5.41) is 3.01. The number of carbonyl (C=O) groups is 1. The Bertz CT molecular complexity index is 434. The van der Waals surface area contributed by atoms with Crippen molar-refractivity contribution >= 4 is 11.6 Å². The Morgan fingerprint density at radius 2 is 2.39 bits per heavy atom. The van der Waals surface area contributed by atoms with E-state index in [-0.39, 0.29) is 12.5 Å². The highest BCUT2D eigenvalue weighted by atomic mass is 16.5. The van der Waals surface area contributed by atoms with Crippen molar-refractivity contribution in [3.05, 3.63) is 23.8 Å². The fraction of sp³-hybridized carbons (Fsp3) is 0.462. The Labute approximate surface area is 107 Å². The summed E-state index contributed by atoms with van der Waals surface area (Å²) < 4.78 is 5.79. The van der Waals surface area contributed by atoms with Gasteiger partial charge in [0.15, 0.2) is 0 Å². The van der Waals surface area contributed by atoms with E-state index in [2.05, 4.69) is 23.2 Å². The van der Waals surface area contributed by atoms with Gasteiger partial charge in [0.05, 0.1) is 12.2 Å². The molecular formula is C13H19N3O2. The van der Waals surface area contributed by atoms with Crippen molar-refractivity contribution in [1.82, 2.24) is 4.90 Å². The molecule has 0 bridgehead atoms. The van der Waals surface area contributed by atoms with Crippen LogP contribution in [-0.4, -0.2) is 37.0 Å². The van der Waals surface area contributed by atoms with Crippen molar-refractivity contribution < 1.29 is 9.53 Å². The summed E-state index contributed by atoms with van der Waals surface area (Å²) >= 11 is 0. The molecule has 3 N–H and O–H groups in total. The van der Waals surface area contributed by atoms with Gasteiger partial charge >= 0.3 is 0 Å². The van der Waals surface area contributed by atoms with Crippen LogP contribution < -0.4 is 15.8 Å². The standard InChI is InChI=1S/C13H19N3O2/c1-2-16-6-7-18-13-10(9-16)4-3-5-11(13)15-8-12(14)17/h3-5,15H,2,6-9H2,1H3,(H2,14,17). The number of nitrogens with one attached hydrogen (secondary N) is 1. The first kappa shape index (κ1) is 12.7. The van der Waals surface area contributed by atoms with Crippen molar-refractivity contribution in [2.24, 2.45) is 5.73 Å². The van der Waals surface area contributed by atoms with E-state index in [4.69, 9.17) is 10.5 Å². The molecule has 1 heterocycles. The fourth-order valence-corrected chi connectivity index (χ4v) is 2.07. The van der Waals surface area contributed by atoms with Crippen LogP contribution >= 0.6 is 0 Å². The summed E-state index contributed by atoms with van der Waals surface area (Å²) in [7, 11) is 0. The molecule has 0 aromatic heterocycles. The highest BCUT2D eigenvalue weighted by Gasteiger charge is 2.16. The molecule has 0 atom stereocenters. The SMILES string of the molecule is CCN1CCOc2c(cccc2NCC(N)=O)C1. The fourth-order valence-electron chi connectivity index (χ4n) is 2.07. The molecule has 0 unspecified atom stereocenters. The first-order valence-corrected chi connectivity index (χ1v) is 6.20. The first-order chi connectivity index (χ1) is 8.70. The number of benzene rings is 1. The number of nitrogens with zero attached hydrogens (tertiary/aromatic N) is 1. The highest BCUT2D eigenvalue weighted by molar-refractivity contribution is 5.79. The maximum absolute atomic E-state index is 10.8. The van der Waals surface area contributed by atoms with Gasteiger partial charge in [-0.2, -0.15) is 0 Å². The van der Waals surface area contributed by atoms with Gasteiger partial charge in [-0.1, -0.05) is 19.1 Å². The van der Waals surface area contributed by atoms with Crippen molar-refractivity contribution in [1.29, 1.82) is 0 Å². The van der Waals surface area contributed by atoms with Crippen molar-refractivity contribution in [3.8, 4) is 5.75 Å². The molecule has 1 amide bonds. The Hall–Kier alpha value is -1.75. The lowest BCUT2D eigenvalue weighted by molar-refractivity contribution is -0.116. The molecule has 1 aliphatic heterocycles. The van der Waals surface area contributed by atoms with Crippen LogP contribution in [0.4, 0.5) is 5.69 Å². The summed E-state index contributed by atoms with van der Waals surface area (Å²) in [5.74, 6) is 0.464. The van der Waals surface area contributed by atoms with E-state index in [1.807, 2.05) is 12.1 Å². The van der Waals surface area contributed by atoms with Gasteiger partial charge in [0, 0.05) is 18.7 Å². The molecule has 2 rings (SSSR count). The predicted molar refractivity (Wildman–Crippen MR) is 70.6 cm³/mol. The number of hydrogen-bond acceptors (Lipinski definition) is 4. The van der Waals surface area contributed by atoms with Gasteiger partial charge in [-0.05, 0) is 12.6 Å². The minimum Gasteiger partial charge on any atom is -0.490 e. The van der Waals surface area contributed by atoms with Gasteiger partial charge in [0.1, 0.15) is 12.4 Å². The van der Waals surface area contributed by atoms with Crippen molar-refractivity contribution in [3.63, 3.8) is 0 Å². The molecular weight excluding hydrogens is 230 g/mol. The number of fused-ring (bicyclic) bond motifs is 1. The van der Waals surface area contributed by atoms with E-state index in [1.165, 1.54) is 0 Å². The van der Waals surface area contributed by atoms with Crippen LogP contribution in [0.25, 0.3) is 0 Å². The minimum atomic E-state index is -0.378. The normalized spacial score (nSPS) is 15.4. The number of likely N-dealkylation sites (N-methyl/N-ethyl adjacent to an activating group) is 1. The summed E-state index contributed by atoms with van der Waals surface area (Å²) in [6, 6.07) is 5.92. The molecule has 0 saturated carbocycles. The van der Waals surface area contributed by atoms with E-state index in [9.17, 15) is 4.79 Å². The number of primary amides is 1. The monoisotopic (exact) mass is 249 g/mol.